The van der Waals surface area contributed by atoms with Gasteiger partial charge in [0.25, 0.3) is 0 Å². The molecule has 1 aliphatic rings. The van der Waals surface area contributed by atoms with E-state index in [4.69, 9.17) is 9.84 Å². The Morgan fingerprint density at radius 3 is 2.95 bits per heavy atom. The Morgan fingerprint density at radius 2 is 2.14 bits per heavy atom. The maximum Gasteiger partial charge on any atom is 0.335 e. The van der Waals surface area contributed by atoms with Gasteiger partial charge in [-0.3, -0.25) is 0 Å². The number of anilines is 1. The first-order valence-electron chi connectivity index (χ1n) is 6.94. The van der Waals surface area contributed by atoms with Crippen molar-refractivity contribution in [2.24, 2.45) is 0 Å². The summed E-state index contributed by atoms with van der Waals surface area (Å²) < 4.78 is 5.70. The van der Waals surface area contributed by atoms with Gasteiger partial charge in [0.2, 0.25) is 0 Å². The first-order valence-corrected chi connectivity index (χ1v) is 6.94. The van der Waals surface area contributed by atoms with Crippen molar-refractivity contribution in [3.05, 3.63) is 59.2 Å². The number of rotatable bonds is 3. The van der Waals surface area contributed by atoms with E-state index in [1.165, 1.54) is 5.56 Å². The number of nitrogens with zero attached hydrogens (tertiary/aromatic N) is 1. The molecule has 0 amide bonds. The molecule has 0 radical (unpaired) electrons. The Balaban J connectivity index is 1.86. The van der Waals surface area contributed by atoms with Crippen LogP contribution >= 0.6 is 0 Å². The number of carboxylic acids is 1. The molecule has 1 N–H and O–H groups in total. The molecule has 3 rings (SSSR count). The highest BCUT2D eigenvalue weighted by molar-refractivity contribution is 5.87. The summed E-state index contributed by atoms with van der Waals surface area (Å²) in [6, 6.07) is 13.2. The molecular formula is C17H17NO3. The molecule has 0 fully saturated rings. The van der Waals surface area contributed by atoms with Crippen LogP contribution in [0.4, 0.5) is 5.69 Å². The summed E-state index contributed by atoms with van der Waals surface area (Å²) >= 11 is 0. The van der Waals surface area contributed by atoms with E-state index in [1.54, 1.807) is 18.2 Å². The van der Waals surface area contributed by atoms with Crippen LogP contribution in [-0.2, 0) is 6.54 Å². The monoisotopic (exact) mass is 283 g/mol. The normalized spacial score (nSPS) is 13.5. The Morgan fingerprint density at radius 1 is 1.29 bits per heavy atom. The minimum atomic E-state index is -0.894. The summed E-state index contributed by atoms with van der Waals surface area (Å²) in [4.78, 5) is 13.3. The summed E-state index contributed by atoms with van der Waals surface area (Å²) in [7, 11) is 0. The lowest BCUT2D eigenvalue weighted by Gasteiger charge is -2.31. The summed E-state index contributed by atoms with van der Waals surface area (Å²) in [5, 5.41) is 9.07. The standard InChI is InChI=1S/C17H17NO3/c1-12-5-6-15-16(9-12)21-8-7-18(15)11-13-3-2-4-14(10-13)17(19)20/h2-6,9-10H,7-8,11H2,1H3,(H,19,20). The summed E-state index contributed by atoms with van der Waals surface area (Å²) in [5.74, 6) is 0.00508. The largest absolute Gasteiger partial charge is 0.490 e. The van der Waals surface area contributed by atoms with Crippen LogP contribution in [-0.4, -0.2) is 24.2 Å². The van der Waals surface area contributed by atoms with E-state index >= 15 is 0 Å². The number of carboxylic acid groups (broad SMARTS) is 1. The van der Waals surface area contributed by atoms with E-state index in [2.05, 4.69) is 17.0 Å². The van der Waals surface area contributed by atoms with E-state index in [-0.39, 0.29) is 0 Å². The number of hydrogen-bond donors (Lipinski definition) is 1. The summed E-state index contributed by atoms with van der Waals surface area (Å²) in [6.45, 7) is 4.17. The van der Waals surface area contributed by atoms with E-state index in [9.17, 15) is 4.79 Å². The zero-order valence-electron chi connectivity index (χ0n) is 11.9. The number of hydrogen-bond acceptors (Lipinski definition) is 3. The molecule has 0 aliphatic carbocycles. The summed E-state index contributed by atoms with van der Waals surface area (Å²) in [5.41, 5.74) is 3.55. The topological polar surface area (TPSA) is 49.8 Å². The van der Waals surface area contributed by atoms with Gasteiger partial charge in [0.15, 0.2) is 0 Å². The molecule has 0 unspecified atom stereocenters. The van der Waals surface area contributed by atoms with Crippen LogP contribution in [0.25, 0.3) is 0 Å². The number of carbonyl (C=O) groups is 1. The van der Waals surface area contributed by atoms with Crippen LogP contribution in [0.1, 0.15) is 21.5 Å². The van der Waals surface area contributed by atoms with Crippen molar-refractivity contribution in [2.45, 2.75) is 13.5 Å². The van der Waals surface area contributed by atoms with Crippen molar-refractivity contribution in [3.8, 4) is 5.75 Å². The van der Waals surface area contributed by atoms with Gasteiger partial charge in [-0.2, -0.15) is 0 Å². The molecule has 2 aromatic rings. The molecule has 0 atom stereocenters. The van der Waals surface area contributed by atoms with Gasteiger partial charge in [-0.15, -0.1) is 0 Å². The van der Waals surface area contributed by atoms with Gasteiger partial charge >= 0.3 is 5.97 Å². The minimum absolute atomic E-state index is 0.324. The third kappa shape index (κ3) is 2.84. The minimum Gasteiger partial charge on any atom is -0.490 e. The SMILES string of the molecule is Cc1ccc2c(c1)OCCN2Cc1cccc(C(=O)O)c1. The van der Waals surface area contributed by atoms with Gasteiger partial charge in [0, 0.05) is 6.54 Å². The van der Waals surface area contributed by atoms with Crippen LogP contribution in [0.2, 0.25) is 0 Å². The molecule has 0 saturated heterocycles. The average molecular weight is 283 g/mol. The Hall–Kier alpha value is -2.49. The molecule has 0 spiro atoms. The molecule has 4 nitrogen and oxygen atoms in total. The highest BCUT2D eigenvalue weighted by atomic mass is 16.5. The maximum absolute atomic E-state index is 11.0. The Labute approximate surface area is 123 Å². The molecule has 0 saturated carbocycles. The fourth-order valence-electron chi connectivity index (χ4n) is 2.57. The van der Waals surface area contributed by atoms with E-state index < -0.39 is 5.97 Å². The molecule has 2 aromatic carbocycles. The van der Waals surface area contributed by atoms with Gasteiger partial charge in [-0.25, -0.2) is 4.79 Å². The first-order chi connectivity index (χ1) is 10.1. The third-order valence-electron chi connectivity index (χ3n) is 3.62. The smallest absolute Gasteiger partial charge is 0.335 e. The van der Waals surface area contributed by atoms with Gasteiger partial charge in [0.05, 0.1) is 17.8 Å². The summed E-state index contributed by atoms with van der Waals surface area (Å²) in [6.07, 6.45) is 0. The van der Waals surface area contributed by atoms with Gasteiger partial charge in [-0.05, 0) is 42.3 Å². The lowest BCUT2D eigenvalue weighted by molar-refractivity contribution is 0.0696. The number of ether oxygens (including phenoxy) is 1. The second kappa shape index (κ2) is 5.48. The first kappa shape index (κ1) is 13.5. The predicted molar refractivity (Wildman–Crippen MR) is 81.1 cm³/mol. The number of aromatic carboxylic acids is 1. The quantitative estimate of drug-likeness (QED) is 0.940. The van der Waals surface area contributed by atoms with Crippen molar-refractivity contribution in [2.75, 3.05) is 18.1 Å². The van der Waals surface area contributed by atoms with Crippen molar-refractivity contribution in [1.82, 2.24) is 0 Å². The van der Waals surface area contributed by atoms with Crippen molar-refractivity contribution in [1.29, 1.82) is 0 Å². The van der Waals surface area contributed by atoms with Crippen LogP contribution < -0.4 is 9.64 Å². The maximum atomic E-state index is 11.0. The van der Waals surface area contributed by atoms with Crippen LogP contribution in [0.15, 0.2) is 42.5 Å². The lowest BCUT2D eigenvalue weighted by Crippen LogP contribution is -2.32. The third-order valence-corrected chi connectivity index (χ3v) is 3.62. The van der Waals surface area contributed by atoms with Crippen molar-refractivity contribution < 1.29 is 14.6 Å². The molecular weight excluding hydrogens is 266 g/mol. The average Bonchev–Trinajstić information content (AvgIpc) is 2.47. The Bertz CT molecular complexity index is 681. The highest BCUT2D eigenvalue weighted by Gasteiger charge is 2.18. The van der Waals surface area contributed by atoms with Crippen LogP contribution in [0.3, 0.4) is 0 Å². The van der Waals surface area contributed by atoms with Gasteiger partial charge < -0.3 is 14.7 Å². The van der Waals surface area contributed by atoms with E-state index in [0.29, 0.717) is 18.7 Å². The molecule has 0 aromatic heterocycles. The number of aryl methyl sites for hydroxylation is 1. The zero-order chi connectivity index (χ0) is 14.8. The van der Waals surface area contributed by atoms with Gasteiger partial charge in [-0.1, -0.05) is 18.2 Å². The molecule has 1 aliphatic heterocycles. The second-order valence-electron chi connectivity index (χ2n) is 5.25. The molecule has 0 bridgehead atoms. The molecule has 21 heavy (non-hydrogen) atoms. The highest BCUT2D eigenvalue weighted by Crippen LogP contribution is 2.33. The predicted octanol–water partition coefficient (Wildman–Crippen LogP) is 3.09. The van der Waals surface area contributed by atoms with E-state index in [1.807, 2.05) is 19.1 Å². The molecule has 1 heterocycles. The van der Waals surface area contributed by atoms with E-state index in [0.717, 1.165) is 23.5 Å². The fourth-order valence-corrected chi connectivity index (χ4v) is 2.57. The number of benzene rings is 2. The molecule has 4 heteroatoms. The van der Waals surface area contributed by atoms with Crippen molar-refractivity contribution >= 4 is 11.7 Å². The zero-order valence-corrected chi connectivity index (χ0v) is 11.9. The van der Waals surface area contributed by atoms with Crippen LogP contribution in [0, 0.1) is 6.92 Å². The van der Waals surface area contributed by atoms with Gasteiger partial charge in [0.1, 0.15) is 12.4 Å². The Kier molecular flexibility index (Phi) is 3.52. The molecule has 108 valence electrons. The lowest BCUT2D eigenvalue weighted by atomic mass is 10.1. The number of fused-ring (bicyclic) bond motifs is 1. The van der Waals surface area contributed by atoms with Crippen LogP contribution in [0.5, 0.6) is 5.75 Å². The van der Waals surface area contributed by atoms with Crippen molar-refractivity contribution in [3.63, 3.8) is 0 Å². The fraction of sp³-hybridized carbons (Fsp3) is 0.235. The second-order valence-corrected chi connectivity index (χ2v) is 5.25.